The van der Waals surface area contributed by atoms with Crippen molar-refractivity contribution in [2.75, 3.05) is 33.3 Å². The Labute approximate surface area is 118 Å². The molecule has 0 aromatic rings. The molecule has 2 aliphatic carbocycles. The molecule has 3 heteroatoms. The molecule has 2 N–H and O–H groups in total. The quantitative estimate of drug-likeness (QED) is 0.708. The minimum Gasteiger partial charge on any atom is -0.394 e. The molecular formula is C16H32N2O. The fraction of sp³-hybridized carbons (Fsp3) is 1.00. The van der Waals surface area contributed by atoms with E-state index in [2.05, 4.69) is 31.1 Å². The summed E-state index contributed by atoms with van der Waals surface area (Å²) in [7, 11) is 2.25. The lowest BCUT2D eigenvalue weighted by atomic mass is 9.88. The van der Waals surface area contributed by atoms with Crippen molar-refractivity contribution in [3.63, 3.8) is 0 Å². The van der Waals surface area contributed by atoms with Crippen LogP contribution in [0.1, 0.15) is 46.0 Å². The number of hydrogen-bond acceptors (Lipinski definition) is 3. The lowest BCUT2D eigenvalue weighted by molar-refractivity contribution is 0.143. The molecule has 2 fully saturated rings. The Morgan fingerprint density at radius 1 is 1.32 bits per heavy atom. The second-order valence-electron chi connectivity index (χ2n) is 7.20. The highest BCUT2D eigenvalue weighted by Gasteiger charge is 2.39. The zero-order chi connectivity index (χ0) is 13.9. The number of aliphatic hydroxyl groups excluding tert-OH is 1. The van der Waals surface area contributed by atoms with Crippen LogP contribution in [0, 0.1) is 17.8 Å². The van der Waals surface area contributed by atoms with Gasteiger partial charge in [0.05, 0.1) is 6.61 Å². The standard InChI is InChI=1S/C16H32N2O/c1-4-17-16(2,12-19)7-8-18(3)11-15-10-13-5-6-14(15)9-13/h13-15,17,19H,4-12H2,1-3H3. The maximum absolute atomic E-state index is 9.52. The summed E-state index contributed by atoms with van der Waals surface area (Å²) in [4.78, 5) is 2.48. The molecule has 3 nitrogen and oxygen atoms in total. The smallest absolute Gasteiger partial charge is 0.0611 e. The molecular weight excluding hydrogens is 236 g/mol. The van der Waals surface area contributed by atoms with E-state index in [9.17, 15) is 5.11 Å². The van der Waals surface area contributed by atoms with E-state index in [1.54, 1.807) is 0 Å². The monoisotopic (exact) mass is 268 g/mol. The summed E-state index contributed by atoms with van der Waals surface area (Å²) in [6.45, 7) is 7.72. The molecule has 2 saturated carbocycles. The number of likely N-dealkylation sites (N-methyl/N-ethyl adjacent to an activating group) is 1. The number of rotatable bonds is 8. The van der Waals surface area contributed by atoms with Crippen LogP contribution >= 0.6 is 0 Å². The third-order valence-corrected chi connectivity index (χ3v) is 5.43. The Balaban J connectivity index is 1.71. The third-order valence-electron chi connectivity index (χ3n) is 5.43. The zero-order valence-electron chi connectivity index (χ0n) is 13.0. The van der Waals surface area contributed by atoms with Crippen LogP contribution in [0.25, 0.3) is 0 Å². The molecule has 0 aromatic carbocycles. The lowest BCUT2D eigenvalue weighted by Gasteiger charge is -2.32. The van der Waals surface area contributed by atoms with E-state index >= 15 is 0 Å². The van der Waals surface area contributed by atoms with E-state index in [1.807, 2.05) is 0 Å². The summed E-state index contributed by atoms with van der Waals surface area (Å²) in [6, 6.07) is 0. The van der Waals surface area contributed by atoms with Gasteiger partial charge in [0, 0.05) is 12.1 Å². The SMILES string of the molecule is CCNC(C)(CO)CCN(C)CC1CC2CCC1C2. The van der Waals surface area contributed by atoms with E-state index < -0.39 is 0 Å². The topological polar surface area (TPSA) is 35.5 Å². The van der Waals surface area contributed by atoms with Crippen molar-refractivity contribution >= 4 is 0 Å². The van der Waals surface area contributed by atoms with Crippen LogP contribution in [0.15, 0.2) is 0 Å². The van der Waals surface area contributed by atoms with E-state index in [-0.39, 0.29) is 12.1 Å². The Hall–Kier alpha value is -0.120. The second-order valence-corrected chi connectivity index (χ2v) is 7.20. The van der Waals surface area contributed by atoms with Gasteiger partial charge in [0.2, 0.25) is 0 Å². The van der Waals surface area contributed by atoms with E-state index in [1.165, 1.54) is 32.2 Å². The molecule has 2 rings (SSSR count). The lowest BCUT2D eigenvalue weighted by Crippen LogP contribution is -2.48. The van der Waals surface area contributed by atoms with E-state index in [0.29, 0.717) is 0 Å². The fourth-order valence-electron chi connectivity index (χ4n) is 4.18. The van der Waals surface area contributed by atoms with Gasteiger partial charge in [-0.25, -0.2) is 0 Å². The van der Waals surface area contributed by atoms with Crippen molar-refractivity contribution in [2.45, 2.75) is 51.5 Å². The van der Waals surface area contributed by atoms with Gasteiger partial charge in [-0.2, -0.15) is 0 Å². The molecule has 4 unspecified atom stereocenters. The van der Waals surface area contributed by atoms with Gasteiger partial charge in [-0.15, -0.1) is 0 Å². The molecule has 4 atom stereocenters. The normalized spacial score (nSPS) is 33.0. The van der Waals surface area contributed by atoms with Gasteiger partial charge in [-0.05, 0) is 70.5 Å². The molecule has 2 bridgehead atoms. The highest BCUT2D eigenvalue weighted by Crippen LogP contribution is 2.48. The number of nitrogens with one attached hydrogen (secondary N) is 1. The molecule has 112 valence electrons. The molecule has 0 saturated heterocycles. The Morgan fingerprint density at radius 2 is 2.11 bits per heavy atom. The van der Waals surface area contributed by atoms with Gasteiger partial charge in [0.15, 0.2) is 0 Å². The van der Waals surface area contributed by atoms with Crippen LogP contribution in [0.5, 0.6) is 0 Å². The molecule has 0 spiro atoms. The Kier molecular flexibility index (Phi) is 5.27. The summed E-state index contributed by atoms with van der Waals surface area (Å²) in [5, 5.41) is 12.9. The Bertz CT molecular complexity index is 284. The van der Waals surface area contributed by atoms with Gasteiger partial charge in [0.25, 0.3) is 0 Å². The summed E-state index contributed by atoms with van der Waals surface area (Å²) < 4.78 is 0. The molecule has 0 heterocycles. The van der Waals surface area contributed by atoms with Crippen LogP contribution < -0.4 is 5.32 Å². The maximum atomic E-state index is 9.52. The third kappa shape index (κ3) is 3.93. The van der Waals surface area contributed by atoms with Crippen molar-refractivity contribution in [1.82, 2.24) is 10.2 Å². The predicted octanol–water partition coefficient (Wildman–Crippen LogP) is 2.10. The highest BCUT2D eigenvalue weighted by molar-refractivity contribution is 4.91. The first-order valence-corrected chi connectivity index (χ1v) is 8.10. The van der Waals surface area contributed by atoms with Crippen molar-refractivity contribution in [2.24, 2.45) is 17.8 Å². The minimum atomic E-state index is -0.113. The molecule has 19 heavy (non-hydrogen) atoms. The number of nitrogens with zero attached hydrogens (tertiary/aromatic N) is 1. The van der Waals surface area contributed by atoms with Crippen molar-refractivity contribution in [3.05, 3.63) is 0 Å². The first-order chi connectivity index (χ1) is 9.06. The largest absolute Gasteiger partial charge is 0.394 e. The molecule has 2 aliphatic rings. The van der Waals surface area contributed by atoms with Crippen LogP contribution in [-0.4, -0.2) is 48.8 Å². The molecule has 0 radical (unpaired) electrons. The zero-order valence-corrected chi connectivity index (χ0v) is 13.0. The molecule has 0 amide bonds. The second kappa shape index (κ2) is 6.55. The number of fused-ring (bicyclic) bond motifs is 2. The van der Waals surface area contributed by atoms with Crippen molar-refractivity contribution in [1.29, 1.82) is 0 Å². The van der Waals surface area contributed by atoms with Gasteiger partial charge >= 0.3 is 0 Å². The molecule has 0 aromatic heterocycles. The van der Waals surface area contributed by atoms with Gasteiger partial charge in [-0.1, -0.05) is 13.3 Å². The highest BCUT2D eigenvalue weighted by atomic mass is 16.3. The summed E-state index contributed by atoms with van der Waals surface area (Å²) in [6.07, 6.45) is 6.97. The average Bonchev–Trinajstić information content (AvgIpc) is 2.99. The number of hydrogen-bond donors (Lipinski definition) is 2. The first kappa shape index (κ1) is 15.3. The fourth-order valence-corrected chi connectivity index (χ4v) is 4.18. The summed E-state index contributed by atoms with van der Waals surface area (Å²) >= 11 is 0. The van der Waals surface area contributed by atoms with Gasteiger partial charge in [0.1, 0.15) is 0 Å². The van der Waals surface area contributed by atoms with Crippen LogP contribution in [0.4, 0.5) is 0 Å². The molecule has 0 aliphatic heterocycles. The number of aliphatic hydroxyl groups is 1. The van der Waals surface area contributed by atoms with E-state index in [4.69, 9.17) is 0 Å². The average molecular weight is 268 g/mol. The van der Waals surface area contributed by atoms with Crippen LogP contribution in [0.2, 0.25) is 0 Å². The predicted molar refractivity (Wildman–Crippen MR) is 80.2 cm³/mol. The van der Waals surface area contributed by atoms with Gasteiger partial charge in [-0.3, -0.25) is 0 Å². The van der Waals surface area contributed by atoms with E-state index in [0.717, 1.165) is 37.3 Å². The van der Waals surface area contributed by atoms with Gasteiger partial charge < -0.3 is 15.3 Å². The van der Waals surface area contributed by atoms with Crippen molar-refractivity contribution in [3.8, 4) is 0 Å². The van der Waals surface area contributed by atoms with Crippen LogP contribution in [-0.2, 0) is 0 Å². The first-order valence-electron chi connectivity index (χ1n) is 8.10. The minimum absolute atomic E-state index is 0.113. The summed E-state index contributed by atoms with van der Waals surface area (Å²) in [5.41, 5.74) is -0.113. The van der Waals surface area contributed by atoms with Crippen molar-refractivity contribution < 1.29 is 5.11 Å². The maximum Gasteiger partial charge on any atom is 0.0611 e. The van der Waals surface area contributed by atoms with Crippen LogP contribution in [0.3, 0.4) is 0 Å². The Morgan fingerprint density at radius 3 is 2.63 bits per heavy atom. The summed E-state index contributed by atoms with van der Waals surface area (Å²) in [5.74, 6) is 3.02.